The first-order valence-corrected chi connectivity index (χ1v) is 7.06. The van der Waals surface area contributed by atoms with Gasteiger partial charge in [-0.3, -0.25) is 0 Å². The van der Waals surface area contributed by atoms with Gasteiger partial charge in [0, 0.05) is 31.8 Å². The first kappa shape index (κ1) is 14.0. The van der Waals surface area contributed by atoms with Gasteiger partial charge in [-0.25, -0.2) is 0 Å². The van der Waals surface area contributed by atoms with E-state index in [1.165, 1.54) is 18.5 Å². The molecule has 1 heterocycles. The molecule has 1 aromatic carbocycles. The first-order chi connectivity index (χ1) is 9.31. The van der Waals surface area contributed by atoms with Crippen molar-refractivity contribution in [1.29, 1.82) is 0 Å². The molecule has 19 heavy (non-hydrogen) atoms. The van der Waals surface area contributed by atoms with Crippen molar-refractivity contribution in [1.82, 2.24) is 5.32 Å². The molecule has 0 spiro atoms. The molecule has 1 aromatic rings. The number of nitrogens with zero attached hydrogens (tertiary/aromatic N) is 1. The van der Waals surface area contributed by atoms with E-state index in [1.54, 1.807) is 0 Å². The zero-order valence-corrected chi connectivity index (χ0v) is 11.9. The van der Waals surface area contributed by atoms with Crippen LogP contribution in [0.3, 0.4) is 0 Å². The second-order valence-corrected chi connectivity index (χ2v) is 4.91. The number of hydrogen-bond acceptors (Lipinski definition) is 4. The molecule has 1 aliphatic rings. The Morgan fingerprint density at radius 2 is 1.95 bits per heavy atom. The smallest absolute Gasteiger partial charge is 0.163 e. The fraction of sp³-hybridized carbons (Fsp3) is 0.600. The van der Waals surface area contributed by atoms with E-state index in [2.05, 4.69) is 29.4 Å². The van der Waals surface area contributed by atoms with Crippen molar-refractivity contribution in [3.63, 3.8) is 0 Å². The lowest BCUT2D eigenvalue weighted by molar-refractivity contribution is 0.297. The molecular weight excluding hydrogens is 240 g/mol. The average Bonchev–Trinajstić information content (AvgIpc) is 2.67. The predicted octanol–water partition coefficient (Wildman–Crippen LogP) is 2.28. The number of hydrogen-bond donors (Lipinski definition) is 1. The van der Waals surface area contributed by atoms with Crippen LogP contribution < -0.4 is 19.7 Å². The van der Waals surface area contributed by atoms with Crippen LogP contribution in [-0.2, 0) is 0 Å². The van der Waals surface area contributed by atoms with Gasteiger partial charge in [-0.1, -0.05) is 0 Å². The van der Waals surface area contributed by atoms with E-state index >= 15 is 0 Å². The second-order valence-electron chi connectivity index (χ2n) is 4.91. The highest BCUT2D eigenvalue weighted by Gasteiger charge is 2.12. The van der Waals surface area contributed by atoms with Crippen LogP contribution in [0.5, 0.6) is 11.5 Å². The van der Waals surface area contributed by atoms with Crippen molar-refractivity contribution in [2.24, 2.45) is 0 Å². The van der Waals surface area contributed by atoms with E-state index in [1.807, 2.05) is 13.1 Å². The quantitative estimate of drug-likeness (QED) is 0.799. The highest BCUT2D eigenvalue weighted by molar-refractivity contribution is 5.56. The zero-order valence-electron chi connectivity index (χ0n) is 11.9. The van der Waals surface area contributed by atoms with E-state index in [9.17, 15) is 0 Å². The lowest BCUT2D eigenvalue weighted by atomic mass is 10.2. The van der Waals surface area contributed by atoms with Crippen molar-refractivity contribution < 1.29 is 9.47 Å². The van der Waals surface area contributed by atoms with Gasteiger partial charge in [0.1, 0.15) is 0 Å². The zero-order chi connectivity index (χ0) is 13.5. The highest BCUT2D eigenvalue weighted by Crippen LogP contribution is 2.33. The maximum Gasteiger partial charge on any atom is 0.163 e. The molecule has 0 radical (unpaired) electrons. The minimum absolute atomic E-state index is 0.738. The minimum Gasteiger partial charge on any atom is -0.490 e. The summed E-state index contributed by atoms with van der Waals surface area (Å²) < 4.78 is 11.4. The van der Waals surface area contributed by atoms with E-state index in [4.69, 9.17) is 9.47 Å². The van der Waals surface area contributed by atoms with Gasteiger partial charge in [0.15, 0.2) is 11.5 Å². The van der Waals surface area contributed by atoms with Gasteiger partial charge >= 0.3 is 0 Å². The third-order valence-electron chi connectivity index (χ3n) is 3.34. The molecule has 0 amide bonds. The van der Waals surface area contributed by atoms with Crippen LogP contribution in [0.4, 0.5) is 5.69 Å². The van der Waals surface area contributed by atoms with E-state index in [-0.39, 0.29) is 0 Å². The van der Waals surface area contributed by atoms with Crippen LogP contribution in [0.25, 0.3) is 0 Å². The van der Waals surface area contributed by atoms with Crippen LogP contribution in [0.15, 0.2) is 18.2 Å². The fourth-order valence-electron chi connectivity index (χ4n) is 2.17. The summed E-state index contributed by atoms with van der Waals surface area (Å²) in [6.07, 6.45) is 3.33. The Balaban J connectivity index is 1.94. The highest BCUT2D eigenvalue weighted by atomic mass is 16.5. The fourth-order valence-corrected chi connectivity index (χ4v) is 2.17. The van der Waals surface area contributed by atoms with Crippen molar-refractivity contribution in [3.8, 4) is 11.5 Å². The van der Waals surface area contributed by atoms with E-state index in [0.29, 0.717) is 0 Å². The van der Waals surface area contributed by atoms with Gasteiger partial charge in [-0.2, -0.15) is 0 Å². The summed E-state index contributed by atoms with van der Waals surface area (Å²) in [7, 11) is 4.12. The van der Waals surface area contributed by atoms with Crippen LogP contribution in [-0.4, -0.2) is 40.4 Å². The molecule has 0 fully saturated rings. The molecule has 4 heteroatoms. The molecule has 0 bridgehead atoms. The van der Waals surface area contributed by atoms with Crippen LogP contribution >= 0.6 is 0 Å². The number of rotatable bonds is 6. The number of anilines is 1. The molecule has 106 valence electrons. The number of ether oxygens (including phenoxy) is 2. The largest absolute Gasteiger partial charge is 0.490 e. The van der Waals surface area contributed by atoms with E-state index < -0.39 is 0 Å². The molecule has 0 saturated carbocycles. The lowest BCUT2D eigenvalue weighted by Gasteiger charge is -2.20. The van der Waals surface area contributed by atoms with Gasteiger partial charge in [0.05, 0.1) is 13.2 Å². The second kappa shape index (κ2) is 7.24. The first-order valence-electron chi connectivity index (χ1n) is 7.06. The SMILES string of the molecule is CNCCCCN(C)c1ccc2c(c1)OCCCO2. The van der Waals surface area contributed by atoms with Gasteiger partial charge in [-0.05, 0) is 38.6 Å². The standard InChI is InChI=1S/C15H24N2O2/c1-16-8-3-4-9-17(2)13-6-7-14-15(12-13)19-11-5-10-18-14/h6-7,12,16H,3-5,8-11H2,1-2H3. The molecule has 4 nitrogen and oxygen atoms in total. The Morgan fingerprint density at radius 3 is 2.74 bits per heavy atom. The molecule has 0 aliphatic carbocycles. The van der Waals surface area contributed by atoms with Crippen molar-refractivity contribution in [3.05, 3.63) is 18.2 Å². The minimum atomic E-state index is 0.738. The number of fused-ring (bicyclic) bond motifs is 1. The summed E-state index contributed by atoms with van der Waals surface area (Å²) in [5.41, 5.74) is 1.19. The summed E-state index contributed by atoms with van der Waals surface area (Å²) in [6, 6.07) is 6.20. The Labute approximate surface area is 115 Å². The number of nitrogens with one attached hydrogen (secondary N) is 1. The summed E-state index contributed by atoms with van der Waals surface area (Å²) in [5, 5.41) is 3.17. The average molecular weight is 264 g/mol. The molecule has 1 aliphatic heterocycles. The lowest BCUT2D eigenvalue weighted by Crippen LogP contribution is -2.19. The Hall–Kier alpha value is -1.42. The van der Waals surface area contributed by atoms with Gasteiger partial charge < -0.3 is 19.7 Å². The van der Waals surface area contributed by atoms with Crippen LogP contribution in [0, 0.1) is 0 Å². The normalized spacial score (nSPS) is 14.0. The van der Waals surface area contributed by atoms with Crippen molar-refractivity contribution in [2.45, 2.75) is 19.3 Å². The summed E-state index contributed by atoms with van der Waals surface area (Å²) in [6.45, 7) is 3.62. The molecule has 0 aromatic heterocycles. The summed E-state index contributed by atoms with van der Waals surface area (Å²) in [4.78, 5) is 2.27. The molecule has 0 atom stereocenters. The van der Waals surface area contributed by atoms with Crippen LogP contribution in [0.1, 0.15) is 19.3 Å². The maximum atomic E-state index is 5.72. The molecule has 2 rings (SSSR count). The van der Waals surface area contributed by atoms with Gasteiger partial charge in [0.25, 0.3) is 0 Å². The molecule has 1 N–H and O–H groups in total. The number of unbranched alkanes of at least 4 members (excludes halogenated alkanes) is 1. The number of benzene rings is 1. The Morgan fingerprint density at radius 1 is 1.16 bits per heavy atom. The summed E-state index contributed by atoms with van der Waals surface area (Å²) >= 11 is 0. The van der Waals surface area contributed by atoms with E-state index in [0.717, 1.165) is 44.2 Å². The molecule has 0 saturated heterocycles. The topological polar surface area (TPSA) is 33.7 Å². The van der Waals surface area contributed by atoms with Gasteiger partial charge in [-0.15, -0.1) is 0 Å². The summed E-state index contributed by atoms with van der Waals surface area (Å²) in [5.74, 6) is 1.74. The Bertz CT molecular complexity index is 396. The van der Waals surface area contributed by atoms with Crippen LogP contribution in [0.2, 0.25) is 0 Å². The maximum absolute atomic E-state index is 5.72. The predicted molar refractivity (Wildman–Crippen MR) is 78.5 cm³/mol. The third kappa shape index (κ3) is 4.03. The van der Waals surface area contributed by atoms with Gasteiger partial charge in [0.2, 0.25) is 0 Å². The monoisotopic (exact) mass is 264 g/mol. The molecule has 0 unspecified atom stereocenters. The van der Waals surface area contributed by atoms with Crippen molar-refractivity contribution in [2.75, 3.05) is 45.3 Å². The molecular formula is C15H24N2O2. The Kier molecular flexibility index (Phi) is 5.33. The third-order valence-corrected chi connectivity index (χ3v) is 3.34. The van der Waals surface area contributed by atoms with Crippen molar-refractivity contribution >= 4 is 5.69 Å².